The molecule has 116 valence electrons. The Hall–Kier alpha value is -1.66. The average molecular weight is 292 g/mol. The van der Waals surface area contributed by atoms with Crippen LogP contribution in [0.5, 0.6) is 0 Å². The number of aryl methyl sites for hydroxylation is 1. The van der Waals surface area contributed by atoms with E-state index < -0.39 is 0 Å². The lowest BCUT2D eigenvalue weighted by Crippen LogP contribution is -2.28. The van der Waals surface area contributed by atoms with Gasteiger partial charge in [-0.25, -0.2) is 10.8 Å². The zero-order valence-corrected chi connectivity index (χ0v) is 12.5. The van der Waals surface area contributed by atoms with Crippen LogP contribution in [0.25, 0.3) is 0 Å². The van der Waals surface area contributed by atoms with E-state index >= 15 is 0 Å². The fourth-order valence-electron chi connectivity index (χ4n) is 2.05. The van der Waals surface area contributed by atoms with Crippen LogP contribution in [0.15, 0.2) is 12.1 Å². The number of hydrazine groups is 1. The highest BCUT2D eigenvalue weighted by atomic mass is 16.5. The Kier molecular flexibility index (Phi) is 5.95. The van der Waals surface area contributed by atoms with Gasteiger partial charge in [-0.15, -0.1) is 0 Å². The number of hydrogen-bond donors (Lipinski definition) is 3. The highest BCUT2D eigenvalue weighted by Crippen LogP contribution is 2.28. The maximum atomic E-state index is 12.1. The van der Waals surface area contributed by atoms with Gasteiger partial charge in [0.2, 0.25) is 0 Å². The highest BCUT2D eigenvalue weighted by Gasteiger charge is 2.20. The number of anilines is 1. The molecule has 0 aliphatic heterocycles. The van der Waals surface area contributed by atoms with E-state index in [0.29, 0.717) is 24.5 Å². The summed E-state index contributed by atoms with van der Waals surface area (Å²) in [4.78, 5) is 16.4. The van der Waals surface area contributed by atoms with Crippen molar-refractivity contribution in [2.45, 2.75) is 32.6 Å². The minimum atomic E-state index is -0.124. The second kappa shape index (κ2) is 7.95. The number of carbonyl (C=O) groups is 1. The van der Waals surface area contributed by atoms with Gasteiger partial charge < -0.3 is 15.5 Å². The third kappa shape index (κ3) is 5.32. The molecule has 21 heavy (non-hydrogen) atoms. The number of hydrogen-bond acceptors (Lipinski definition) is 5. The summed E-state index contributed by atoms with van der Waals surface area (Å²) in [5.41, 5.74) is 3.94. The lowest BCUT2D eigenvalue weighted by Gasteiger charge is -2.09. The number of nitrogen functional groups attached to an aromatic ring is 1. The van der Waals surface area contributed by atoms with E-state index in [1.165, 1.54) is 12.8 Å². The standard InChI is InChI=1S/C15H24N4O2/c1-2-3-13-8-12(9-14(18-13)19-16)15(20)17-6-7-21-10-11-4-5-11/h8-9,11H,2-7,10,16H2,1H3,(H,17,20)(H,18,19). The monoisotopic (exact) mass is 292 g/mol. The SMILES string of the molecule is CCCc1cc(C(=O)NCCOCC2CC2)cc(NN)n1. The first-order valence-electron chi connectivity index (χ1n) is 7.56. The summed E-state index contributed by atoms with van der Waals surface area (Å²) in [6.07, 6.45) is 4.34. The number of rotatable bonds is 9. The van der Waals surface area contributed by atoms with Crippen LogP contribution in [0, 0.1) is 5.92 Å². The molecular formula is C15H24N4O2. The van der Waals surface area contributed by atoms with E-state index in [0.717, 1.165) is 31.1 Å². The molecule has 0 radical (unpaired) electrons. The number of nitrogens with two attached hydrogens (primary N) is 1. The van der Waals surface area contributed by atoms with Crippen molar-refractivity contribution in [2.75, 3.05) is 25.2 Å². The number of pyridine rings is 1. The molecule has 2 rings (SSSR count). The molecule has 1 saturated carbocycles. The van der Waals surface area contributed by atoms with E-state index in [2.05, 4.69) is 22.7 Å². The van der Waals surface area contributed by atoms with Gasteiger partial charge in [0, 0.05) is 24.4 Å². The minimum Gasteiger partial charge on any atom is -0.379 e. The Morgan fingerprint density at radius 1 is 1.48 bits per heavy atom. The van der Waals surface area contributed by atoms with Gasteiger partial charge in [0.05, 0.1) is 6.61 Å². The molecule has 1 aromatic rings. The van der Waals surface area contributed by atoms with Gasteiger partial charge >= 0.3 is 0 Å². The molecular weight excluding hydrogens is 268 g/mol. The number of aromatic nitrogens is 1. The maximum Gasteiger partial charge on any atom is 0.251 e. The number of amides is 1. The third-order valence-corrected chi connectivity index (χ3v) is 3.38. The van der Waals surface area contributed by atoms with Crippen LogP contribution in [-0.2, 0) is 11.2 Å². The predicted octanol–water partition coefficient (Wildman–Crippen LogP) is 1.48. The van der Waals surface area contributed by atoms with Gasteiger partial charge in [0.25, 0.3) is 5.91 Å². The van der Waals surface area contributed by atoms with Gasteiger partial charge in [0.15, 0.2) is 0 Å². The Morgan fingerprint density at radius 2 is 2.29 bits per heavy atom. The molecule has 4 N–H and O–H groups in total. The molecule has 0 aromatic carbocycles. The second-order valence-electron chi connectivity index (χ2n) is 5.40. The van der Waals surface area contributed by atoms with Crippen molar-refractivity contribution in [1.29, 1.82) is 0 Å². The van der Waals surface area contributed by atoms with Crippen LogP contribution >= 0.6 is 0 Å². The van der Waals surface area contributed by atoms with Crippen molar-refractivity contribution in [3.8, 4) is 0 Å². The quantitative estimate of drug-likeness (QED) is 0.364. The van der Waals surface area contributed by atoms with E-state index in [1.54, 1.807) is 6.07 Å². The summed E-state index contributed by atoms with van der Waals surface area (Å²) < 4.78 is 5.49. The number of nitrogens with one attached hydrogen (secondary N) is 2. The number of ether oxygens (including phenoxy) is 1. The predicted molar refractivity (Wildman–Crippen MR) is 81.9 cm³/mol. The first kappa shape index (κ1) is 15.7. The zero-order valence-electron chi connectivity index (χ0n) is 12.5. The maximum absolute atomic E-state index is 12.1. The van der Waals surface area contributed by atoms with Gasteiger partial charge in [0.1, 0.15) is 5.82 Å². The molecule has 0 atom stereocenters. The van der Waals surface area contributed by atoms with E-state index in [1.807, 2.05) is 6.07 Å². The van der Waals surface area contributed by atoms with Crippen LogP contribution in [0.1, 0.15) is 42.2 Å². The van der Waals surface area contributed by atoms with Crippen molar-refractivity contribution in [3.05, 3.63) is 23.4 Å². The smallest absolute Gasteiger partial charge is 0.251 e. The summed E-state index contributed by atoms with van der Waals surface area (Å²) in [5.74, 6) is 6.53. The molecule has 0 bridgehead atoms. The number of nitrogens with zero attached hydrogens (tertiary/aromatic N) is 1. The molecule has 0 unspecified atom stereocenters. The summed E-state index contributed by atoms with van der Waals surface area (Å²) in [6.45, 7) is 3.95. The molecule has 1 aliphatic carbocycles. The fourth-order valence-corrected chi connectivity index (χ4v) is 2.05. The molecule has 6 nitrogen and oxygen atoms in total. The van der Waals surface area contributed by atoms with Gasteiger partial charge in [-0.05, 0) is 37.3 Å². The Morgan fingerprint density at radius 3 is 2.95 bits per heavy atom. The van der Waals surface area contributed by atoms with E-state index in [9.17, 15) is 4.79 Å². The summed E-state index contributed by atoms with van der Waals surface area (Å²) in [6, 6.07) is 3.46. The first-order valence-corrected chi connectivity index (χ1v) is 7.56. The molecule has 1 aromatic heterocycles. The van der Waals surface area contributed by atoms with Crippen LogP contribution in [0.4, 0.5) is 5.82 Å². The minimum absolute atomic E-state index is 0.124. The molecule has 1 aliphatic rings. The Bertz CT molecular complexity index is 475. The van der Waals surface area contributed by atoms with Crippen LogP contribution in [0.3, 0.4) is 0 Å². The van der Waals surface area contributed by atoms with Gasteiger partial charge in [-0.1, -0.05) is 13.3 Å². The summed E-state index contributed by atoms with van der Waals surface area (Å²) >= 11 is 0. The van der Waals surface area contributed by atoms with Crippen molar-refractivity contribution in [3.63, 3.8) is 0 Å². The highest BCUT2D eigenvalue weighted by molar-refractivity contribution is 5.95. The largest absolute Gasteiger partial charge is 0.379 e. The van der Waals surface area contributed by atoms with Crippen LogP contribution in [0.2, 0.25) is 0 Å². The van der Waals surface area contributed by atoms with Crippen molar-refractivity contribution < 1.29 is 9.53 Å². The molecule has 6 heteroatoms. The third-order valence-electron chi connectivity index (χ3n) is 3.38. The molecule has 1 heterocycles. The van der Waals surface area contributed by atoms with Gasteiger partial charge in [-0.3, -0.25) is 4.79 Å². The zero-order chi connectivity index (χ0) is 15.1. The normalized spacial score (nSPS) is 14.0. The van der Waals surface area contributed by atoms with Crippen molar-refractivity contribution in [1.82, 2.24) is 10.3 Å². The van der Waals surface area contributed by atoms with E-state index in [4.69, 9.17) is 10.6 Å². The van der Waals surface area contributed by atoms with Crippen molar-refractivity contribution >= 4 is 11.7 Å². The molecule has 1 amide bonds. The molecule has 0 saturated heterocycles. The van der Waals surface area contributed by atoms with Crippen LogP contribution < -0.4 is 16.6 Å². The van der Waals surface area contributed by atoms with Gasteiger partial charge in [-0.2, -0.15) is 0 Å². The lowest BCUT2D eigenvalue weighted by atomic mass is 10.1. The summed E-state index contributed by atoms with van der Waals surface area (Å²) in [5, 5.41) is 2.85. The fraction of sp³-hybridized carbons (Fsp3) is 0.600. The molecule has 1 fully saturated rings. The average Bonchev–Trinajstić information content (AvgIpc) is 3.31. The number of carbonyl (C=O) groups excluding carboxylic acids is 1. The topological polar surface area (TPSA) is 89.3 Å². The molecule has 0 spiro atoms. The Labute approximate surface area is 125 Å². The Balaban J connectivity index is 1.82. The van der Waals surface area contributed by atoms with Crippen molar-refractivity contribution in [2.24, 2.45) is 11.8 Å². The second-order valence-corrected chi connectivity index (χ2v) is 5.40. The van der Waals surface area contributed by atoms with Crippen LogP contribution in [-0.4, -0.2) is 30.6 Å². The lowest BCUT2D eigenvalue weighted by molar-refractivity contribution is 0.0906. The van der Waals surface area contributed by atoms with E-state index in [-0.39, 0.29) is 5.91 Å². The summed E-state index contributed by atoms with van der Waals surface area (Å²) in [7, 11) is 0. The first-order chi connectivity index (χ1) is 10.2.